The topological polar surface area (TPSA) is 54.5 Å². The van der Waals surface area contributed by atoms with Crippen LogP contribution in [0.4, 0.5) is 0 Å². The summed E-state index contributed by atoms with van der Waals surface area (Å²) in [7, 11) is 0. The highest BCUT2D eigenvalue weighted by molar-refractivity contribution is 9.10. The lowest BCUT2D eigenvalue weighted by molar-refractivity contribution is 0.564. The largest absolute Gasteiger partial charge is 0.244 e. The molecule has 0 amide bonds. The maximum atomic E-state index is 9.08. The molecule has 0 atom stereocenters. The van der Waals surface area contributed by atoms with E-state index in [0.29, 0.717) is 18.2 Å². The summed E-state index contributed by atoms with van der Waals surface area (Å²) < 4.78 is 2.87. The van der Waals surface area contributed by atoms with E-state index in [1.165, 1.54) is 0 Å². The van der Waals surface area contributed by atoms with Gasteiger partial charge in [-0.1, -0.05) is 47.1 Å². The Labute approximate surface area is 121 Å². The van der Waals surface area contributed by atoms with Crippen molar-refractivity contribution in [1.29, 1.82) is 5.26 Å². The second kappa shape index (κ2) is 5.98. The fourth-order valence-corrected chi connectivity index (χ4v) is 2.16. The molecule has 19 heavy (non-hydrogen) atoms. The van der Waals surface area contributed by atoms with Crippen LogP contribution in [0.3, 0.4) is 0 Å². The number of halogens is 1. The molecule has 1 aromatic heterocycles. The molecule has 0 radical (unpaired) electrons. The highest BCUT2D eigenvalue weighted by Gasteiger charge is 2.14. The van der Waals surface area contributed by atoms with Crippen LogP contribution < -0.4 is 0 Å². The van der Waals surface area contributed by atoms with Crippen LogP contribution in [0.15, 0.2) is 28.7 Å². The molecule has 0 saturated heterocycles. The van der Waals surface area contributed by atoms with Crippen LogP contribution in [0.1, 0.15) is 30.8 Å². The number of benzene rings is 1. The zero-order valence-corrected chi connectivity index (χ0v) is 12.6. The summed E-state index contributed by atoms with van der Waals surface area (Å²) in [6.45, 7) is 4.89. The summed E-state index contributed by atoms with van der Waals surface area (Å²) in [6.07, 6.45) is 0.812. The average molecular weight is 319 g/mol. The Balaban J connectivity index is 2.27. The maximum absolute atomic E-state index is 9.08. The van der Waals surface area contributed by atoms with E-state index in [1.54, 1.807) is 0 Å². The molecule has 4 nitrogen and oxygen atoms in total. The molecule has 0 aliphatic carbocycles. The fourth-order valence-electron chi connectivity index (χ4n) is 1.90. The predicted molar refractivity (Wildman–Crippen MR) is 76.5 cm³/mol. The molecular formula is C14H15BrN4. The van der Waals surface area contributed by atoms with E-state index in [2.05, 4.69) is 46.2 Å². The molecular weight excluding hydrogens is 304 g/mol. The third-order valence-electron chi connectivity index (χ3n) is 2.79. The van der Waals surface area contributed by atoms with Gasteiger partial charge in [0.05, 0.1) is 12.2 Å². The first kappa shape index (κ1) is 13.8. The minimum absolute atomic E-state index is 0.436. The summed E-state index contributed by atoms with van der Waals surface area (Å²) in [4.78, 5) is 0. The summed E-state index contributed by atoms with van der Waals surface area (Å²) in [5.41, 5.74) is 2.49. The van der Waals surface area contributed by atoms with E-state index < -0.39 is 0 Å². The van der Waals surface area contributed by atoms with Gasteiger partial charge in [-0.2, -0.15) is 5.26 Å². The molecule has 2 aromatic rings. The van der Waals surface area contributed by atoms with Crippen LogP contribution in [-0.2, 0) is 13.0 Å². The molecule has 0 N–H and O–H groups in total. The smallest absolute Gasteiger partial charge is 0.185 e. The Morgan fingerprint density at radius 2 is 2.00 bits per heavy atom. The first-order valence-corrected chi connectivity index (χ1v) is 6.96. The van der Waals surface area contributed by atoms with Gasteiger partial charge >= 0.3 is 0 Å². The second-order valence-corrected chi connectivity index (χ2v) is 5.79. The van der Waals surface area contributed by atoms with Crippen LogP contribution in [0.25, 0.3) is 0 Å². The third-order valence-corrected chi connectivity index (χ3v) is 3.32. The Bertz CT molecular complexity index is 593. The van der Waals surface area contributed by atoms with E-state index >= 15 is 0 Å². The monoisotopic (exact) mass is 318 g/mol. The fraction of sp³-hybridized carbons (Fsp3) is 0.357. The van der Waals surface area contributed by atoms with Crippen molar-refractivity contribution in [2.24, 2.45) is 5.92 Å². The van der Waals surface area contributed by atoms with Gasteiger partial charge in [0, 0.05) is 4.47 Å². The van der Waals surface area contributed by atoms with Crippen molar-refractivity contribution in [3.05, 3.63) is 45.7 Å². The summed E-state index contributed by atoms with van der Waals surface area (Å²) in [5, 5.41) is 17.1. The Kier molecular flexibility index (Phi) is 4.33. The Morgan fingerprint density at radius 1 is 1.32 bits per heavy atom. The SMILES string of the molecule is CC(C)Cc1c(C#N)nnn1Cc1ccc(Br)cc1. The van der Waals surface area contributed by atoms with E-state index in [9.17, 15) is 0 Å². The van der Waals surface area contributed by atoms with E-state index in [1.807, 2.05) is 28.9 Å². The molecule has 0 aliphatic heterocycles. The lowest BCUT2D eigenvalue weighted by Gasteiger charge is -2.08. The zero-order valence-electron chi connectivity index (χ0n) is 11.0. The highest BCUT2D eigenvalue weighted by Crippen LogP contribution is 2.15. The van der Waals surface area contributed by atoms with Crippen LogP contribution in [0, 0.1) is 17.2 Å². The number of rotatable bonds is 4. The number of nitrogens with zero attached hydrogens (tertiary/aromatic N) is 4. The first-order valence-electron chi connectivity index (χ1n) is 6.17. The number of aromatic nitrogens is 3. The maximum Gasteiger partial charge on any atom is 0.185 e. The van der Waals surface area contributed by atoms with Crippen molar-refractivity contribution >= 4 is 15.9 Å². The summed E-state index contributed by atoms with van der Waals surface area (Å²) in [6, 6.07) is 10.2. The molecule has 2 rings (SSSR count). The molecule has 98 valence electrons. The number of hydrogen-bond donors (Lipinski definition) is 0. The van der Waals surface area contributed by atoms with E-state index in [4.69, 9.17) is 5.26 Å². The average Bonchev–Trinajstić information content (AvgIpc) is 2.74. The Hall–Kier alpha value is -1.67. The van der Waals surface area contributed by atoms with Gasteiger partial charge < -0.3 is 0 Å². The van der Waals surface area contributed by atoms with E-state index in [-0.39, 0.29) is 0 Å². The van der Waals surface area contributed by atoms with Crippen molar-refractivity contribution in [2.75, 3.05) is 0 Å². The molecule has 1 heterocycles. The quantitative estimate of drug-likeness (QED) is 0.870. The van der Waals surface area contributed by atoms with Gasteiger partial charge in [-0.25, -0.2) is 4.68 Å². The summed E-state index contributed by atoms with van der Waals surface area (Å²) in [5.74, 6) is 0.467. The Morgan fingerprint density at radius 3 is 2.58 bits per heavy atom. The zero-order chi connectivity index (χ0) is 13.8. The van der Waals surface area contributed by atoms with Crippen LogP contribution in [0.2, 0.25) is 0 Å². The molecule has 0 saturated carbocycles. The lowest BCUT2D eigenvalue weighted by atomic mass is 10.1. The normalized spacial score (nSPS) is 10.7. The van der Waals surface area contributed by atoms with Crippen molar-refractivity contribution in [3.63, 3.8) is 0 Å². The molecule has 0 unspecified atom stereocenters. The van der Waals surface area contributed by atoms with Crippen molar-refractivity contribution in [1.82, 2.24) is 15.0 Å². The number of hydrogen-bond acceptors (Lipinski definition) is 3. The molecule has 1 aromatic carbocycles. The third kappa shape index (κ3) is 3.42. The van der Waals surface area contributed by atoms with Crippen molar-refractivity contribution in [2.45, 2.75) is 26.8 Å². The first-order chi connectivity index (χ1) is 9.10. The van der Waals surface area contributed by atoms with Gasteiger partial charge in [0.25, 0.3) is 0 Å². The van der Waals surface area contributed by atoms with Gasteiger partial charge in [0.1, 0.15) is 6.07 Å². The van der Waals surface area contributed by atoms with Gasteiger partial charge in [0.15, 0.2) is 5.69 Å². The number of nitriles is 1. The van der Waals surface area contributed by atoms with Gasteiger partial charge in [-0.3, -0.25) is 0 Å². The van der Waals surface area contributed by atoms with Crippen LogP contribution >= 0.6 is 15.9 Å². The minimum Gasteiger partial charge on any atom is -0.244 e. The summed E-state index contributed by atoms with van der Waals surface area (Å²) >= 11 is 3.42. The lowest BCUT2D eigenvalue weighted by Crippen LogP contribution is -2.09. The van der Waals surface area contributed by atoms with E-state index in [0.717, 1.165) is 22.2 Å². The highest BCUT2D eigenvalue weighted by atomic mass is 79.9. The molecule has 0 bridgehead atoms. The molecule has 5 heteroatoms. The van der Waals surface area contributed by atoms with Crippen LogP contribution in [-0.4, -0.2) is 15.0 Å². The van der Waals surface area contributed by atoms with Crippen LogP contribution in [0.5, 0.6) is 0 Å². The molecule has 0 aliphatic rings. The molecule has 0 spiro atoms. The van der Waals surface area contributed by atoms with Gasteiger partial charge in [-0.15, -0.1) is 5.10 Å². The standard InChI is InChI=1S/C14H15BrN4/c1-10(2)7-14-13(8-16)17-18-19(14)9-11-3-5-12(15)6-4-11/h3-6,10H,7,9H2,1-2H3. The van der Waals surface area contributed by atoms with Gasteiger partial charge in [0.2, 0.25) is 0 Å². The van der Waals surface area contributed by atoms with Gasteiger partial charge in [-0.05, 0) is 30.0 Å². The minimum atomic E-state index is 0.436. The second-order valence-electron chi connectivity index (χ2n) is 4.88. The predicted octanol–water partition coefficient (Wildman–Crippen LogP) is 3.16. The van der Waals surface area contributed by atoms with Crippen molar-refractivity contribution in [3.8, 4) is 6.07 Å². The molecule has 0 fully saturated rings. The van der Waals surface area contributed by atoms with Crippen molar-refractivity contribution < 1.29 is 0 Å².